The lowest BCUT2D eigenvalue weighted by Crippen LogP contribution is -2.10. The first-order valence-electron chi connectivity index (χ1n) is 6.41. The molecule has 0 radical (unpaired) electrons. The number of benzene rings is 2. The van der Waals surface area contributed by atoms with Crippen LogP contribution in [0, 0.1) is 34.1 Å². The van der Waals surface area contributed by atoms with E-state index in [0.29, 0.717) is 0 Å². The van der Waals surface area contributed by atoms with Gasteiger partial charge in [0.15, 0.2) is 0 Å². The molecule has 0 amide bonds. The average molecular weight is 336 g/mol. The van der Waals surface area contributed by atoms with E-state index in [9.17, 15) is 28.6 Å². The molecule has 0 aliphatic rings. The summed E-state index contributed by atoms with van der Waals surface area (Å²) in [6, 6.07) is 7.68. The van der Waals surface area contributed by atoms with Crippen molar-refractivity contribution in [1.29, 1.82) is 0 Å². The first-order valence-corrected chi connectivity index (χ1v) is 7.89. The molecule has 2 rings (SSSR count). The monoisotopic (exact) mass is 336 g/mol. The van der Waals surface area contributed by atoms with Gasteiger partial charge in [-0.1, -0.05) is 24.3 Å². The lowest BCUT2D eigenvalue weighted by Gasteiger charge is -2.08. The van der Waals surface area contributed by atoms with Crippen LogP contribution in [-0.4, -0.2) is 18.3 Å². The van der Waals surface area contributed by atoms with E-state index in [1.807, 2.05) is 0 Å². The number of para-hydroxylation sites is 2. The number of nitrogens with zero attached hydrogens (tertiary/aromatic N) is 2. The molecule has 0 unspecified atom stereocenters. The lowest BCUT2D eigenvalue weighted by molar-refractivity contribution is -0.389. The molecular weight excluding hydrogens is 324 g/mol. The smallest absolute Gasteiger partial charge is 0.258 e. The van der Waals surface area contributed by atoms with E-state index in [2.05, 4.69) is 0 Å². The molecule has 120 valence electrons. The number of nitro benzene ring substituents is 2. The molecule has 0 bridgehead atoms. The van der Waals surface area contributed by atoms with Gasteiger partial charge in [-0.2, -0.15) is 0 Å². The first-order chi connectivity index (χ1) is 10.7. The number of rotatable bonds is 4. The van der Waals surface area contributed by atoms with Crippen molar-refractivity contribution in [3.8, 4) is 0 Å². The van der Waals surface area contributed by atoms with E-state index in [1.165, 1.54) is 38.1 Å². The Morgan fingerprint density at radius 3 is 1.43 bits per heavy atom. The molecule has 0 atom stereocenters. The van der Waals surface area contributed by atoms with Crippen molar-refractivity contribution in [2.24, 2.45) is 0 Å². The van der Waals surface area contributed by atoms with Crippen molar-refractivity contribution in [3.05, 3.63) is 67.8 Å². The summed E-state index contributed by atoms with van der Waals surface area (Å²) < 4.78 is 25.6. The Morgan fingerprint density at radius 1 is 0.783 bits per heavy atom. The molecule has 0 aromatic heterocycles. The highest BCUT2D eigenvalue weighted by atomic mass is 32.2. The normalized spacial score (nSPS) is 11.2. The fraction of sp³-hybridized carbons (Fsp3) is 0.143. The summed E-state index contributed by atoms with van der Waals surface area (Å²) in [4.78, 5) is 19.7. The van der Waals surface area contributed by atoms with Gasteiger partial charge < -0.3 is 0 Å². The van der Waals surface area contributed by atoms with Gasteiger partial charge in [0.1, 0.15) is 9.79 Å². The van der Waals surface area contributed by atoms with E-state index < -0.39 is 40.8 Å². The lowest BCUT2D eigenvalue weighted by atomic mass is 10.2. The minimum atomic E-state index is -4.42. The Hall–Kier alpha value is -2.81. The highest BCUT2D eigenvalue weighted by Crippen LogP contribution is 2.36. The van der Waals surface area contributed by atoms with Gasteiger partial charge in [0.25, 0.3) is 11.4 Å². The fourth-order valence-corrected chi connectivity index (χ4v) is 4.02. The highest BCUT2D eigenvalue weighted by Gasteiger charge is 2.34. The predicted molar refractivity (Wildman–Crippen MR) is 81.1 cm³/mol. The summed E-state index contributed by atoms with van der Waals surface area (Å²) in [6.07, 6.45) is 0. The Bertz CT molecular complexity index is 851. The second-order valence-corrected chi connectivity index (χ2v) is 6.75. The third-order valence-corrected chi connectivity index (χ3v) is 5.16. The summed E-state index contributed by atoms with van der Waals surface area (Å²) >= 11 is 0. The number of sulfone groups is 1. The van der Waals surface area contributed by atoms with Gasteiger partial charge in [-0.3, -0.25) is 20.2 Å². The maximum atomic E-state index is 12.8. The Kier molecular flexibility index (Phi) is 4.15. The zero-order chi connectivity index (χ0) is 17.4. The van der Waals surface area contributed by atoms with Gasteiger partial charge in [0.05, 0.1) is 9.85 Å². The molecule has 0 spiro atoms. The van der Waals surface area contributed by atoms with Gasteiger partial charge in [0, 0.05) is 11.1 Å². The Morgan fingerprint density at radius 2 is 1.13 bits per heavy atom. The molecule has 9 heteroatoms. The van der Waals surface area contributed by atoms with E-state index in [0.717, 1.165) is 12.1 Å². The van der Waals surface area contributed by atoms with Gasteiger partial charge in [-0.05, 0) is 26.0 Å². The maximum absolute atomic E-state index is 12.8. The first kappa shape index (κ1) is 16.6. The zero-order valence-electron chi connectivity index (χ0n) is 12.2. The molecule has 0 aliphatic heterocycles. The molecule has 0 saturated carbocycles. The van der Waals surface area contributed by atoms with Crippen molar-refractivity contribution in [2.45, 2.75) is 23.6 Å². The van der Waals surface area contributed by atoms with E-state index in [4.69, 9.17) is 0 Å². The van der Waals surface area contributed by atoms with Crippen molar-refractivity contribution in [2.75, 3.05) is 0 Å². The van der Waals surface area contributed by atoms with Crippen molar-refractivity contribution in [1.82, 2.24) is 0 Å². The third-order valence-electron chi connectivity index (χ3n) is 3.35. The van der Waals surface area contributed by atoms with Gasteiger partial charge in [-0.15, -0.1) is 0 Å². The molecule has 0 fully saturated rings. The SMILES string of the molecule is Cc1cccc(S(=O)(=O)c2cccc(C)c2[N+](=O)[O-])c1[N+](=O)[O-]. The standard InChI is InChI=1S/C14H12N2O6S/c1-9-5-3-7-11(13(9)15(17)18)23(21,22)12-8-4-6-10(2)14(12)16(19)20/h3-8H,1-2H3. The highest BCUT2D eigenvalue weighted by molar-refractivity contribution is 7.91. The van der Waals surface area contributed by atoms with Crippen LogP contribution in [-0.2, 0) is 9.84 Å². The van der Waals surface area contributed by atoms with Crippen LogP contribution in [0.4, 0.5) is 11.4 Å². The Labute approximate surface area is 131 Å². The summed E-state index contributed by atoms with van der Waals surface area (Å²) in [5, 5.41) is 22.4. The quantitative estimate of drug-likeness (QED) is 0.625. The minimum absolute atomic E-state index is 0.159. The van der Waals surface area contributed by atoms with Crippen LogP contribution in [0.1, 0.15) is 11.1 Å². The molecule has 0 heterocycles. The van der Waals surface area contributed by atoms with Crippen LogP contribution in [0.15, 0.2) is 46.2 Å². The van der Waals surface area contributed by atoms with Gasteiger partial charge in [-0.25, -0.2) is 8.42 Å². The van der Waals surface area contributed by atoms with Crippen molar-refractivity contribution in [3.63, 3.8) is 0 Å². The molecule has 23 heavy (non-hydrogen) atoms. The molecule has 2 aromatic rings. The largest absolute Gasteiger partial charge is 0.291 e. The second kappa shape index (κ2) is 5.76. The van der Waals surface area contributed by atoms with Crippen LogP contribution in [0.25, 0.3) is 0 Å². The van der Waals surface area contributed by atoms with Gasteiger partial charge in [0.2, 0.25) is 9.84 Å². The molecule has 0 saturated heterocycles. The maximum Gasteiger partial charge on any atom is 0.291 e. The summed E-state index contributed by atoms with van der Waals surface area (Å²) in [5.41, 5.74) is -0.843. The van der Waals surface area contributed by atoms with Crippen LogP contribution in [0.5, 0.6) is 0 Å². The third kappa shape index (κ3) is 2.78. The molecular formula is C14H12N2O6S. The zero-order valence-corrected chi connectivity index (χ0v) is 13.0. The number of aryl methyl sites for hydroxylation is 2. The number of nitro groups is 2. The average Bonchev–Trinajstić information content (AvgIpc) is 2.45. The number of hydrogen-bond acceptors (Lipinski definition) is 6. The van der Waals surface area contributed by atoms with Crippen LogP contribution >= 0.6 is 0 Å². The van der Waals surface area contributed by atoms with Crippen molar-refractivity contribution < 1.29 is 18.3 Å². The Balaban J connectivity index is 2.86. The molecule has 0 aliphatic carbocycles. The van der Waals surface area contributed by atoms with Crippen LogP contribution in [0.2, 0.25) is 0 Å². The fourth-order valence-electron chi connectivity index (χ4n) is 2.28. The summed E-state index contributed by atoms with van der Waals surface area (Å²) in [6.45, 7) is 2.81. The second-order valence-electron chi connectivity index (χ2n) is 4.86. The van der Waals surface area contributed by atoms with E-state index >= 15 is 0 Å². The number of hydrogen-bond donors (Lipinski definition) is 0. The topological polar surface area (TPSA) is 120 Å². The summed E-state index contributed by atoms with van der Waals surface area (Å²) in [5.74, 6) is 0. The van der Waals surface area contributed by atoms with Crippen molar-refractivity contribution >= 4 is 21.2 Å². The minimum Gasteiger partial charge on any atom is -0.258 e. The van der Waals surface area contributed by atoms with E-state index in [1.54, 1.807) is 0 Å². The van der Waals surface area contributed by atoms with Crippen LogP contribution in [0.3, 0.4) is 0 Å². The molecule has 2 aromatic carbocycles. The molecule has 8 nitrogen and oxygen atoms in total. The molecule has 0 N–H and O–H groups in total. The predicted octanol–water partition coefficient (Wildman–Crippen LogP) is 2.95. The van der Waals surface area contributed by atoms with Crippen LogP contribution < -0.4 is 0 Å². The van der Waals surface area contributed by atoms with Gasteiger partial charge >= 0.3 is 0 Å². The summed E-state index contributed by atoms with van der Waals surface area (Å²) in [7, 11) is -4.42. The van der Waals surface area contributed by atoms with E-state index in [-0.39, 0.29) is 11.1 Å².